The number of likely N-dealkylation sites (tertiary alicyclic amines) is 1. The van der Waals surface area contributed by atoms with Crippen molar-refractivity contribution < 1.29 is 14.3 Å². The lowest BCUT2D eigenvalue weighted by atomic mass is 9.71. The summed E-state index contributed by atoms with van der Waals surface area (Å²) in [5.74, 6) is -0.359. The zero-order valence-electron chi connectivity index (χ0n) is 16.5. The number of amides is 2. The summed E-state index contributed by atoms with van der Waals surface area (Å²) < 4.78 is 5.58. The van der Waals surface area contributed by atoms with Crippen molar-refractivity contribution in [1.82, 2.24) is 9.88 Å². The molecule has 6 heteroatoms. The molecule has 2 fully saturated rings. The predicted octanol–water partition coefficient (Wildman–Crippen LogP) is 2.18. The first kappa shape index (κ1) is 19.6. The van der Waals surface area contributed by atoms with Crippen LogP contribution < -0.4 is 5.73 Å². The third kappa shape index (κ3) is 3.42. The molecule has 2 N–H and O–H groups in total. The van der Waals surface area contributed by atoms with Gasteiger partial charge in [-0.25, -0.2) is 0 Å². The molecule has 6 nitrogen and oxygen atoms in total. The van der Waals surface area contributed by atoms with Gasteiger partial charge in [0.15, 0.2) is 0 Å². The molecule has 0 radical (unpaired) electrons. The van der Waals surface area contributed by atoms with E-state index >= 15 is 0 Å². The lowest BCUT2D eigenvalue weighted by Gasteiger charge is -2.45. The molecule has 1 unspecified atom stereocenters. The zero-order chi connectivity index (χ0) is 20.3. The monoisotopic (exact) mass is 393 g/mol. The van der Waals surface area contributed by atoms with Gasteiger partial charge in [0.1, 0.15) is 5.41 Å². The highest BCUT2D eigenvalue weighted by atomic mass is 16.5. The molecule has 29 heavy (non-hydrogen) atoms. The largest absolute Gasteiger partial charge is 0.381 e. The van der Waals surface area contributed by atoms with Gasteiger partial charge in [-0.15, -0.1) is 0 Å². The molecule has 2 aromatic rings. The third-order valence-electron chi connectivity index (χ3n) is 6.49. The van der Waals surface area contributed by atoms with E-state index in [0.717, 1.165) is 5.56 Å². The van der Waals surface area contributed by atoms with Crippen molar-refractivity contribution in [3.05, 3.63) is 66.0 Å². The molecule has 1 atom stereocenters. The van der Waals surface area contributed by atoms with Crippen LogP contribution in [0.4, 0.5) is 0 Å². The number of nitrogens with zero attached hydrogens (tertiary/aromatic N) is 2. The molecule has 1 aromatic carbocycles. The molecule has 3 heterocycles. The summed E-state index contributed by atoms with van der Waals surface area (Å²) in [7, 11) is 0. The second kappa shape index (κ2) is 7.95. The smallest absolute Gasteiger partial charge is 0.233 e. The van der Waals surface area contributed by atoms with Crippen LogP contribution >= 0.6 is 0 Å². The van der Waals surface area contributed by atoms with Gasteiger partial charge in [-0.3, -0.25) is 14.6 Å². The third-order valence-corrected chi connectivity index (χ3v) is 6.49. The molecule has 152 valence electrons. The number of carbonyl (C=O) groups is 2. The average molecular weight is 393 g/mol. The number of rotatable bonds is 4. The normalized spacial score (nSPS) is 24.1. The van der Waals surface area contributed by atoms with Gasteiger partial charge in [0.25, 0.3) is 0 Å². The first-order valence-electron chi connectivity index (χ1n) is 10.2. The predicted molar refractivity (Wildman–Crippen MR) is 109 cm³/mol. The Morgan fingerprint density at radius 2 is 1.69 bits per heavy atom. The first-order valence-corrected chi connectivity index (χ1v) is 10.2. The number of hydrogen-bond donors (Lipinski definition) is 1. The summed E-state index contributed by atoms with van der Waals surface area (Å²) in [4.78, 5) is 32.8. The van der Waals surface area contributed by atoms with E-state index in [2.05, 4.69) is 4.98 Å². The van der Waals surface area contributed by atoms with E-state index in [1.54, 1.807) is 6.20 Å². The lowest BCUT2D eigenvalue weighted by Crippen LogP contribution is -2.59. The Balaban J connectivity index is 1.69. The van der Waals surface area contributed by atoms with Gasteiger partial charge in [0.2, 0.25) is 11.8 Å². The van der Waals surface area contributed by atoms with Gasteiger partial charge in [-0.2, -0.15) is 0 Å². The van der Waals surface area contributed by atoms with Crippen LogP contribution in [0.1, 0.15) is 36.9 Å². The molecule has 2 saturated heterocycles. The average Bonchev–Trinajstić information content (AvgIpc) is 2.80. The van der Waals surface area contributed by atoms with Crippen LogP contribution in [0.15, 0.2) is 54.7 Å². The first-order chi connectivity index (χ1) is 14.1. The van der Waals surface area contributed by atoms with E-state index in [1.165, 1.54) is 0 Å². The Bertz CT molecular complexity index is 865. The second-order valence-electron chi connectivity index (χ2n) is 8.05. The fourth-order valence-electron chi connectivity index (χ4n) is 4.82. The summed E-state index contributed by atoms with van der Waals surface area (Å²) in [5, 5.41) is 0. The van der Waals surface area contributed by atoms with Crippen molar-refractivity contribution >= 4 is 11.8 Å². The molecule has 0 saturated carbocycles. The number of aromatic nitrogens is 1. The Kier molecular flexibility index (Phi) is 5.37. The number of nitrogens with two attached hydrogens (primary N) is 1. The standard InChI is InChI=1S/C23H27N3O3/c24-20(27)23(19-9-4-5-13-25-19)10-6-14-26(17-23)21(28)22(11-15-29-16-12-22)18-7-2-1-3-8-18/h1-5,7-9,13H,6,10-12,14-17H2,(H2,24,27). The highest BCUT2D eigenvalue weighted by Gasteiger charge is 2.49. The van der Waals surface area contributed by atoms with Gasteiger partial charge in [0.05, 0.1) is 11.1 Å². The Hall–Kier alpha value is -2.73. The van der Waals surface area contributed by atoms with Crippen molar-refractivity contribution in [3.63, 3.8) is 0 Å². The molecule has 4 rings (SSSR count). The molecule has 2 aliphatic rings. The maximum atomic E-state index is 13.9. The van der Waals surface area contributed by atoms with Crippen molar-refractivity contribution in [2.24, 2.45) is 5.73 Å². The molecule has 0 aliphatic carbocycles. The highest BCUT2D eigenvalue weighted by Crippen LogP contribution is 2.40. The van der Waals surface area contributed by atoms with E-state index in [9.17, 15) is 9.59 Å². The van der Waals surface area contributed by atoms with Crippen LogP contribution in [-0.4, -0.2) is 48.0 Å². The summed E-state index contributed by atoms with van der Waals surface area (Å²) in [5.41, 5.74) is 5.97. The van der Waals surface area contributed by atoms with Crippen LogP contribution in [0, 0.1) is 0 Å². The number of pyridine rings is 1. The van der Waals surface area contributed by atoms with E-state index < -0.39 is 16.7 Å². The number of benzene rings is 1. The zero-order valence-corrected chi connectivity index (χ0v) is 16.5. The minimum Gasteiger partial charge on any atom is -0.381 e. The molecule has 0 bridgehead atoms. The number of ether oxygens (including phenoxy) is 1. The van der Waals surface area contributed by atoms with Crippen LogP contribution in [0.5, 0.6) is 0 Å². The van der Waals surface area contributed by atoms with Gasteiger partial charge >= 0.3 is 0 Å². The van der Waals surface area contributed by atoms with Crippen LogP contribution in [0.3, 0.4) is 0 Å². The Morgan fingerprint density at radius 3 is 2.34 bits per heavy atom. The van der Waals surface area contributed by atoms with Crippen molar-refractivity contribution in [2.45, 2.75) is 36.5 Å². The molecule has 2 amide bonds. The number of piperidine rings is 1. The van der Waals surface area contributed by atoms with E-state index in [0.29, 0.717) is 51.1 Å². The van der Waals surface area contributed by atoms with Crippen LogP contribution in [0.25, 0.3) is 0 Å². The van der Waals surface area contributed by atoms with Crippen LogP contribution in [0.2, 0.25) is 0 Å². The topological polar surface area (TPSA) is 85.5 Å². The molecule has 2 aliphatic heterocycles. The quantitative estimate of drug-likeness (QED) is 0.863. The van der Waals surface area contributed by atoms with Gasteiger partial charge in [-0.05, 0) is 43.4 Å². The molecular weight excluding hydrogens is 366 g/mol. The molecule has 0 spiro atoms. The van der Waals surface area contributed by atoms with Crippen molar-refractivity contribution in [1.29, 1.82) is 0 Å². The Morgan fingerprint density at radius 1 is 0.966 bits per heavy atom. The minimum atomic E-state index is -0.946. The summed E-state index contributed by atoms with van der Waals surface area (Å²) in [6.07, 6.45) is 4.26. The van der Waals surface area contributed by atoms with Crippen molar-refractivity contribution in [3.8, 4) is 0 Å². The lowest BCUT2D eigenvalue weighted by molar-refractivity contribution is -0.145. The second-order valence-corrected chi connectivity index (χ2v) is 8.05. The fourth-order valence-corrected chi connectivity index (χ4v) is 4.82. The van der Waals surface area contributed by atoms with E-state index in [1.807, 2.05) is 53.4 Å². The number of carbonyl (C=O) groups excluding carboxylic acids is 2. The fraction of sp³-hybridized carbons (Fsp3) is 0.435. The molecule has 1 aromatic heterocycles. The van der Waals surface area contributed by atoms with Crippen LogP contribution in [-0.2, 0) is 25.2 Å². The highest BCUT2D eigenvalue weighted by molar-refractivity contribution is 5.91. The van der Waals surface area contributed by atoms with Gasteiger partial charge in [0, 0.05) is 32.5 Å². The summed E-state index contributed by atoms with van der Waals surface area (Å²) in [6, 6.07) is 15.4. The molecular formula is C23H27N3O3. The minimum absolute atomic E-state index is 0.0632. The summed E-state index contributed by atoms with van der Waals surface area (Å²) >= 11 is 0. The Labute approximate surface area is 171 Å². The van der Waals surface area contributed by atoms with Crippen molar-refractivity contribution in [2.75, 3.05) is 26.3 Å². The van der Waals surface area contributed by atoms with E-state index in [-0.39, 0.29) is 12.5 Å². The SMILES string of the molecule is NC(=O)C1(c2ccccn2)CCCN(C(=O)C2(c3ccccc3)CCOCC2)C1. The van der Waals surface area contributed by atoms with E-state index in [4.69, 9.17) is 10.5 Å². The maximum Gasteiger partial charge on any atom is 0.233 e. The maximum absolute atomic E-state index is 13.9. The van der Waals surface area contributed by atoms with Gasteiger partial charge < -0.3 is 15.4 Å². The van der Waals surface area contributed by atoms with Gasteiger partial charge in [-0.1, -0.05) is 36.4 Å². The summed E-state index contributed by atoms with van der Waals surface area (Å²) in [6.45, 7) is 2.00. The number of primary amides is 1. The number of hydrogen-bond acceptors (Lipinski definition) is 4.